The Bertz CT molecular complexity index is 875. The molecule has 3 aromatic rings. The fourth-order valence-corrected chi connectivity index (χ4v) is 2.36. The molecule has 0 aliphatic heterocycles. The van der Waals surface area contributed by atoms with Crippen LogP contribution < -0.4 is 10.1 Å². The number of nitrogens with one attached hydrogen (secondary N) is 2. The van der Waals surface area contributed by atoms with Gasteiger partial charge in [-0.05, 0) is 44.2 Å². The van der Waals surface area contributed by atoms with Gasteiger partial charge in [-0.3, -0.25) is 9.89 Å². The molecule has 0 spiro atoms. The van der Waals surface area contributed by atoms with Gasteiger partial charge in [0.1, 0.15) is 17.3 Å². The Morgan fingerprint density at radius 3 is 2.64 bits per heavy atom. The maximum atomic E-state index is 13.5. The summed E-state index contributed by atoms with van der Waals surface area (Å²) < 4.78 is 19.2. The fraction of sp³-hybridized carbons (Fsp3) is 0.158. The zero-order valence-corrected chi connectivity index (χ0v) is 13.9. The summed E-state index contributed by atoms with van der Waals surface area (Å²) in [5, 5.41) is 9.64. The summed E-state index contributed by atoms with van der Waals surface area (Å²) in [6.07, 6.45) is -0.111. The van der Waals surface area contributed by atoms with Crippen LogP contribution in [0.2, 0.25) is 0 Å². The van der Waals surface area contributed by atoms with E-state index in [0.29, 0.717) is 28.4 Å². The number of nitrogens with zero attached hydrogens (tertiary/aromatic N) is 1. The van der Waals surface area contributed by atoms with E-state index in [4.69, 9.17) is 4.74 Å². The van der Waals surface area contributed by atoms with Gasteiger partial charge in [-0.25, -0.2) is 4.39 Å². The highest BCUT2D eigenvalue weighted by Gasteiger charge is 2.15. The third-order valence-corrected chi connectivity index (χ3v) is 3.44. The Balaban J connectivity index is 1.85. The number of benzene rings is 2. The zero-order chi connectivity index (χ0) is 17.8. The second-order valence-corrected chi connectivity index (χ2v) is 5.79. The van der Waals surface area contributed by atoms with Crippen molar-refractivity contribution in [2.24, 2.45) is 0 Å². The molecule has 128 valence electrons. The summed E-state index contributed by atoms with van der Waals surface area (Å²) in [5.74, 6) is -0.313. The van der Waals surface area contributed by atoms with Gasteiger partial charge < -0.3 is 10.1 Å². The molecule has 0 atom stereocenters. The Morgan fingerprint density at radius 2 is 1.92 bits per heavy atom. The number of rotatable bonds is 5. The molecule has 0 aliphatic rings. The average molecular weight is 339 g/mol. The van der Waals surface area contributed by atoms with E-state index in [1.165, 1.54) is 12.1 Å². The number of amides is 1. The first-order chi connectivity index (χ1) is 12.0. The monoisotopic (exact) mass is 339 g/mol. The summed E-state index contributed by atoms with van der Waals surface area (Å²) in [4.78, 5) is 12.3. The highest BCUT2D eigenvalue weighted by molar-refractivity contribution is 6.03. The Labute approximate surface area is 144 Å². The third-order valence-electron chi connectivity index (χ3n) is 3.44. The van der Waals surface area contributed by atoms with Gasteiger partial charge in [-0.2, -0.15) is 5.10 Å². The molecule has 0 unspecified atom stereocenters. The minimum Gasteiger partial charge on any atom is -0.490 e. The van der Waals surface area contributed by atoms with Crippen LogP contribution in [0, 0.1) is 5.82 Å². The smallest absolute Gasteiger partial charge is 0.273 e. The van der Waals surface area contributed by atoms with E-state index in [0.717, 1.165) is 0 Å². The number of para-hydroxylation sites is 1. The minimum absolute atomic E-state index is 0.111. The molecule has 0 radical (unpaired) electrons. The predicted octanol–water partition coefficient (Wildman–Crippen LogP) is 4.26. The van der Waals surface area contributed by atoms with Gasteiger partial charge in [0.15, 0.2) is 0 Å². The number of aromatic amines is 1. The molecule has 1 aromatic heterocycles. The van der Waals surface area contributed by atoms with Crippen LogP contribution in [0.3, 0.4) is 0 Å². The van der Waals surface area contributed by atoms with Crippen LogP contribution in [0.5, 0.6) is 5.75 Å². The van der Waals surface area contributed by atoms with E-state index < -0.39 is 5.82 Å². The molecular formula is C19H18FN3O2. The van der Waals surface area contributed by atoms with Crippen molar-refractivity contribution in [2.45, 2.75) is 20.0 Å². The number of carbonyl (C=O) groups excluding carboxylic acids is 1. The van der Waals surface area contributed by atoms with Crippen molar-refractivity contribution in [1.29, 1.82) is 0 Å². The number of ether oxygens (including phenoxy) is 1. The first kappa shape index (κ1) is 16.7. The van der Waals surface area contributed by atoms with Crippen molar-refractivity contribution in [3.05, 3.63) is 66.1 Å². The maximum absolute atomic E-state index is 13.5. The lowest BCUT2D eigenvalue weighted by molar-refractivity contribution is 0.102. The molecule has 0 fully saturated rings. The molecule has 2 aromatic carbocycles. The van der Waals surface area contributed by atoms with Crippen molar-refractivity contribution in [3.63, 3.8) is 0 Å². The number of aromatic nitrogens is 2. The lowest BCUT2D eigenvalue weighted by Gasteiger charge is -2.13. The van der Waals surface area contributed by atoms with E-state index in [9.17, 15) is 9.18 Å². The van der Waals surface area contributed by atoms with Crippen LogP contribution in [0.1, 0.15) is 24.3 Å². The molecule has 1 heterocycles. The van der Waals surface area contributed by atoms with Crippen molar-refractivity contribution in [3.8, 4) is 17.0 Å². The summed E-state index contributed by atoms with van der Waals surface area (Å²) in [5.41, 5.74) is 2.12. The van der Waals surface area contributed by atoms with Crippen molar-refractivity contribution in [2.75, 3.05) is 5.32 Å². The van der Waals surface area contributed by atoms with Gasteiger partial charge >= 0.3 is 0 Å². The van der Waals surface area contributed by atoms with Crippen molar-refractivity contribution in [1.82, 2.24) is 10.2 Å². The standard InChI is InChI=1S/C19H18FN3O2/c1-12(2)25-18-10-13(20)8-9-15(18)16-11-17(23-22-16)19(24)21-14-6-4-3-5-7-14/h3-12H,1-2H3,(H,21,24)(H,22,23). The molecule has 0 bridgehead atoms. The average Bonchev–Trinajstić information content (AvgIpc) is 3.05. The molecule has 0 aliphatic carbocycles. The van der Waals surface area contributed by atoms with Gasteiger partial charge in [-0.1, -0.05) is 18.2 Å². The van der Waals surface area contributed by atoms with Crippen molar-refractivity contribution >= 4 is 11.6 Å². The van der Waals surface area contributed by atoms with Crippen LogP contribution in [-0.2, 0) is 0 Å². The quantitative estimate of drug-likeness (QED) is 0.730. The first-order valence-corrected chi connectivity index (χ1v) is 7.91. The predicted molar refractivity (Wildman–Crippen MR) is 94.1 cm³/mol. The van der Waals surface area contributed by atoms with Gasteiger partial charge in [0.2, 0.25) is 0 Å². The van der Waals surface area contributed by atoms with Gasteiger partial charge in [-0.15, -0.1) is 0 Å². The number of carbonyl (C=O) groups is 1. The largest absolute Gasteiger partial charge is 0.490 e. The van der Waals surface area contributed by atoms with E-state index in [2.05, 4.69) is 15.5 Å². The Morgan fingerprint density at radius 1 is 1.16 bits per heavy atom. The number of hydrogen-bond acceptors (Lipinski definition) is 3. The molecule has 0 saturated heterocycles. The Kier molecular flexibility index (Phi) is 4.79. The molecule has 6 heteroatoms. The second kappa shape index (κ2) is 7.17. The lowest BCUT2D eigenvalue weighted by Crippen LogP contribution is -2.12. The number of hydrogen-bond donors (Lipinski definition) is 2. The summed E-state index contributed by atoms with van der Waals surface area (Å²) in [7, 11) is 0. The second-order valence-electron chi connectivity index (χ2n) is 5.79. The van der Waals surface area contributed by atoms with E-state index in [1.54, 1.807) is 24.3 Å². The highest BCUT2D eigenvalue weighted by atomic mass is 19.1. The van der Waals surface area contributed by atoms with Crippen molar-refractivity contribution < 1.29 is 13.9 Å². The zero-order valence-electron chi connectivity index (χ0n) is 13.9. The maximum Gasteiger partial charge on any atom is 0.273 e. The van der Waals surface area contributed by atoms with Crippen LogP contribution in [0.15, 0.2) is 54.6 Å². The summed E-state index contributed by atoms with van der Waals surface area (Å²) >= 11 is 0. The van der Waals surface area contributed by atoms with Crippen LogP contribution in [0.4, 0.5) is 10.1 Å². The van der Waals surface area contributed by atoms with Crippen LogP contribution in [-0.4, -0.2) is 22.2 Å². The SMILES string of the molecule is CC(C)Oc1cc(F)ccc1-c1cc(C(=O)Nc2ccccc2)[nH]n1. The first-order valence-electron chi connectivity index (χ1n) is 7.91. The van der Waals surface area contributed by atoms with Crippen LogP contribution in [0.25, 0.3) is 11.3 Å². The highest BCUT2D eigenvalue weighted by Crippen LogP contribution is 2.30. The third kappa shape index (κ3) is 4.03. The molecule has 25 heavy (non-hydrogen) atoms. The van der Waals surface area contributed by atoms with E-state index in [1.807, 2.05) is 32.0 Å². The molecular weight excluding hydrogens is 321 g/mol. The van der Waals surface area contributed by atoms with Gasteiger partial charge in [0.05, 0.1) is 11.8 Å². The number of anilines is 1. The topological polar surface area (TPSA) is 67.0 Å². The van der Waals surface area contributed by atoms with E-state index in [-0.39, 0.29) is 12.0 Å². The number of H-pyrrole nitrogens is 1. The molecule has 1 amide bonds. The van der Waals surface area contributed by atoms with Gasteiger partial charge in [0.25, 0.3) is 5.91 Å². The summed E-state index contributed by atoms with van der Waals surface area (Å²) in [6, 6.07) is 15.0. The van der Waals surface area contributed by atoms with Crippen LogP contribution >= 0.6 is 0 Å². The lowest BCUT2D eigenvalue weighted by atomic mass is 10.1. The molecule has 2 N–H and O–H groups in total. The molecule has 5 nitrogen and oxygen atoms in total. The summed E-state index contributed by atoms with van der Waals surface area (Å²) in [6.45, 7) is 3.72. The normalized spacial score (nSPS) is 10.7. The number of halogens is 1. The van der Waals surface area contributed by atoms with E-state index >= 15 is 0 Å². The van der Waals surface area contributed by atoms with Gasteiger partial charge in [0, 0.05) is 17.3 Å². The fourth-order valence-electron chi connectivity index (χ4n) is 2.36. The Hall–Kier alpha value is -3.15. The molecule has 0 saturated carbocycles. The minimum atomic E-state index is -0.392. The molecule has 3 rings (SSSR count).